The fourth-order valence-corrected chi connectivity index (χ4v) is 4.36. The van der Waals surface area contributed by atoms with Crippen LogP contribution in [0.25, 0.3) is 0 Å². The molecular formula is C23H21NO4. The van der Waals surface area contributed by atoms with Crippen LogP contribution in [-0.4, -0.2) is 24.6 Å². The molecule has 2 aliphatic rings. The molecule has 1 saturated carbocycles. The second-order valence-corrected chi connectivity index (χ2v) is 7.33. The quantitative estimate of drug-likeness (QED) is 0.834. The molecule has 4 rings (SSSR count). The van der Waals surface area contributed by atoms with Crippen LogP contribution < -0.4 is 10.1 Å². The van der Waals surface area contributed by atoms with Crippen LogP contribution in [0.4, 0.5) is 0 Å². The van der Waals surface area contributed by atoms with Gasteiger partial charge in [0.15, 0.2) is 11.6 Å². The van der Waals surface area contributed by atoms with Gasteiger partial charge in [0, 0.05) is 17.4 Å². The van der Waals surface area contributed by atoms with Crippen molar-refractivity contribution in [3.8, 4) is 5.75 Å². The number of hydrogen-bond acceptors (Lipinski definition) is 4. The molecule has 2 aromatic rings. The van der Waals surface area contributed by atoms with Gasteiger partial charge >= 0.3 is 0 Å². The molecular weight excluding hydrogens is 354 g/mol. The van der Waals surface area contributed by atoms with Crippen LogP contribution in [0.15, 0.2) is 66.4 Å². The molecule has 2 aromatic carbocycles. The Bertz CT molecular complexity index is 979. The van der Waals surface area contributed by atoms with E-state index < -0.39 is 5.92 Å². The van der Waals surface area contributed by atoms with Crippen LogP contribution in [0.3, 0.4) is 0 Å². The van der Waals surface area contributed by atoms with Crippen LogP contribution in [-0.2, 0) is 9.59 Å². The van der Waals surface area contributed by atoms with Crippen molar-refractivity contribution in [2.75, 3.05) is 7.11 Å². The fraction of sp³-hybridized carbons (Fsp3) is 0.261. The van der Waals surface area contributed by atoms with Crippen LogP contribution in [0.2, 0.25) is 0 Å². The number of rotatable bonds is 4. The summed E-state index contributed by atoms with van der Waals surface area (Å²) in [6.45, 7) is 1.98. The Kier molecular flexibility index (Phi) is 4.59. The highest BCUT2D eigenvalue weighted by Crippen LogP contribution is 2.50. The summed E-state index contributed by atoms with van der Waals surface area (Å²) in [4.78, 5) is 38.4. The highest BCUT2D eigenvalue weighted by Gasteiger charge is 2.54. The Hall–Kier alpha value is -3.21. The number of Topliss-reactive ketones (excluding diaryl/α,β-unsaturated/α-hetero) is 2. The maximum absolute atomic E-state index is 13.1. The van der Waals surface area contributed by atoms with Crippen molar-refractivity contribution in [2.45, 2.75) is 12.8 Å². The Morgan fingerprint density at radius 1 is 1.04 bits per heavy atom. The third-order valence-electron chi connectivity index (χ3n) is 5.78. The highest BCUT2D eigenvalue weighted by molar-refractivity contribution is 6.18. The predicted molar refractivity (Wildman–Crippen MR) is 104 cm³/mol. The summed E-state index contributed by atoms with van der Waals surface area (Å²) in [5.41, 5.74) is 1.60. The number of methoxy groups -OCH3 is 1. The summed E-state index contributed by atoms with van der Waals surface area (Å²) in [6.07, 6.45) is 1.63. The van der Waals surface area contributed by atoms with Crippen molar-refractivity contribution >= 4 is 17.5 Å². The van der Waals surface area contributed by atoms with Crippen LogP contribution in [0, 0.1) is 17.8 Å². The van der Waals surface area contributed by atoms with Crippen LogP contribution >= 0.6 is 0 Å². The minimum atomic E-state index is -0.775. The molecule has 1 amide bonds. The SMILES string of the molecule is COc1cccc([C@H]2[C@H]3C(=O)C(NC(=O)c4ccccc4)=C[C@H](C3=O)[C@@H]2C)c1. The molecule has 28 heavy (non-hydrogen) atoms. The van der Waals surface area contributed by atoms with Gasteiger partial charge in [-0.15, -0.1) is 0 Å². The maximum Gasteiger partial charge on any atom is 0.255 e. The van der Waals surface area contributed by atoms with Crippen LogP contribution in [0.1, 0.15) is 28.8 Å². The summed E-state index contributed by atoms with van der Waals surface area (Å²) in [7, 11) is 1.59. The third kappa shape index (κ3) is 2.93. The van der Waals surface area contributed by atoms with Gasteiger partial charge < -0.3 is 10.1 Å². The predicted octanol–water partition coefficient (Wildman–Crippen LogP) is 3.13. The molecule has 4 atom stereocenters. The summed E-state index contributed by atoms with van der Waals surface area (Å²) in [5.74, 6) is -1.47. The number of ketones is 2. The van der Waals surface area contributed by atoms with Gasteiger partial charge in [-0.1, -0.05) is 37.3 Å². The first-order valence-corrected chi connectivity index (χ1v) is 9.31. The molecule has 0 heterocycles. The molecule has 0 spiro atoms. The van der Waals surface area contributed by atoms with Gasteiger partial charge in [0.2, 0.25) is 0 Å². The summed E-state index contributed by atoms with van der Waals surface area (Å²) < 4.78 is 5.30. The first-order chi connectivity index (χ1) is 13.5. The summed E-state index contributed by atoms with van der Waals surface area (Å²) >= 11 is 0. The number of hydrogen-bond donors (Lipinski definition) is 1. The van der Waals surface area contributed by atoms with Gasteiger partial charge in [-0.05, 0) is 41.8 Å². The number of nitrogens with one attached hydrogen (secondary N) is 1. The molecule has 5 heteroatoms. The number of benzene rings is 2. The molecule has 2 aliphatic carbocycles. The zero-order valence-electron chi connectivity index (χ0n) is 15.7. The average Bonchev–Trinajstić information content (AvgIpc) is 2.90. The van der Waals surface area contributed by atoms with Crippen molar-refractivity contribution in [1.29, 1.82) is 0 Å². The molecule has 142 valence electrons. The van der Waals surface area contributed by atoms with Gasteiger partial charge in [0.25, 0.3) is 5.91 Å². The highest BCUT2D eigenvalue weighted by atomic mass is 16.5. The number of carbonyl (C=O) groups is 3. The Labute approximate surface area is 163 Å². The lowest BCUT2D eigenvalue weighted by atomic mass is 9.81. The van der Waals surface area contributed by atoms with E-state index in [-0.39, 0.29) is 40.9 Å². The van der Waals surface area contributed by atoms with E-state index in [0.717, 1.165) is 5.56 Å². The van der Waals surface area contributed by atoms with Crippen molar-refractivity contribution in [1.82, 2.24) is 5.32 Å². The van der Waals surface area contributed by atoms with Gasteiger partial charge in [0.1, 0.15) is 5.75 Å². The normalized spacial score (nSPS) is 26.0. The maximum atomic E-state index is 13.1. The van der Waals surface area contributed by atoms with E-state index in [1.807, 2.05) is 37.3 Å². The lowest BCUT2D eigenvalue weighted by molar-refractivity contribution is -0.131. The van der Waals surface area contributed by atoms with Crippen molar-refractivity contribution in [3.63, 3.8) is 0 Å². The van der Waals surface area contributed by atoms with E-state index in [2.05, 4.69) is 5.32 Å². The molecule has 0 radical (unpaired) electrons. The molecule has 0 unspecified atom stereocenters. The van der Waals surface area contributed by atoms with E-state index in [9.17, 15) is 14.4 Å². The largest absolute Gasteiger partial charge is 0.497 e. The zero-order chi connectivity index (χ0) is 19.8. The lowest BCUT2D eigenvalue weighted by Gasteiger charge is -2.22. The van der Waals surface area contributed by atoms with Crippen LogP contribution in [0.5, 0.6) is 5.75 Å². The Balaban J connectivity index is 1.64. The lowest BCUT2D eigenvalue weighted by Crippen LogP contribution is -2.37. The molecule has 0 saturated heterocycles. The van der Waals surface area contributed by atoms with Gasteiger partial charge in [-0.25, -0.2) is 0 Å². The smallest absolute Gasteiger partial charge is 0.255 e. The van der Waals surface area contributed by atoms with Crippen molar-refractivity contribution < 1.29 is 19.1 Å². The first kappa shape index (κ1) is 18.2. The van der Waals surface area contributed by atoms with E-state index >= 15 is 0 Å². The number of ether oxygens (including phenoxy) is 1. The number of fused-ring (bicyclic) bond motifs is 2. The molecule has 2 bridgehead atoms. The van der Waals surface area contributed by atoms with Crippen molar-refractivity contribution in [2.24, 2.45) is 17.8 Å². The number of amides is 1. The van der Waals surface area contributed by atoms with E-state index in [1.165, 1.54) is 0 Å². The fourth-order valence-electron chi connectivity index (χ4n) is 4.36. The van der Waals surface area contributed by atoms with E-state index in [1.54, 1.807) is 37.5 Å². The minimum Gasteiger partial charge on any atom is -0.497 e. The van der Waals surface area contributed by atoms with Gasteiger partial charge in [0.05, 0.1) is 18.7 Å². The monoisotopic (exact) mass is 375 g/mol. The molecule has 0 aliphatic heterocycles. The first-order valence-electron chi connectivity index (χ1n) is 9.31. The van der Waals surface area contributed by atoms with Gasteiger partial charge in [-0.3, -0.25) is 14.4 Å². The molecule has 5 nitrogen and oxygen atoms in total. The van der Waals surface area contributed by atoms with Crippen molar-refractivity contribution in [3.05, 3.63) is 77.5 Å². The number of carbonyl (C=O) groups excluding carboxylic acids is 3. The average molecular weight is 375 g/mol. The Morgan fingerprint density at radius 3 is 2.50 bits per heavy atom. The number of allylic oxidation sites excluding steroid dienone is 2. The minimum absolute atomic E-state index is 0.0420. The van der Waals surface area contributed by atoms with E-state index in [0.29, 0.717) is 11.3 Å². The molecule has 1 N–H and O–H groups in total. The standard InChI is InChI=1S/C23H21NO4/c1-13-17-12-18(24-23(27)14-7-4-3-5-8-14)22(26)20(21(17)25)19(13)15-9-6-10-16(11-15)28-2/h3-13,17,19-20H,1-2H3,(H,24,27)/t13-,17-,19-,20+/m0/s1. The second kappa shape index (κ2) is 7.08. The Morgan fingerprint density at radius 2 is 1.79 bits per heavy atom. The van der Waals surface area contributed by atoms with E-state index in [4.69, 9.17) is 4.74 Å². The third-order valence-corrected chi connectivity index (χ3v) is 5.78. The zero-order valence-corrected chi connectivity index (χ0v) is 15.7. The topological polar surface area (TPSA) is 72.5 Å². The van der Waals surface area contributed by atoms with Gasteiger partial charge in [-0.2, -0.15) is 0 Å². The molecule has 0 aromatic heterocycles. The summed E-state index contributed by atoms with van der Waals surface area (Å²) in [5, 5.41) is 2.72. The second-order valence-electron chi connectivity index (χ2n) is 7.33. The summed E-state index contributed by atoms with van der Waals surface area (Å²) in [6, 6.07) is 16.2. The molecule has 1 fully saturated rings.